The molecule has 1 rings (SSSR count). The van der Waals surface area contributed by atoms with E-state index in [1.165, 1.54) is 0 Å². The van der Waals surface area contributed by atoms with Gasteiger partial charge in [-0.25, -0.2) is 0 Å². The summed E-state index contributed by atoms with van der Waals surface area (Å²) in [6.07, 6.45) is 7.37. The molecule has 2 atom stereocenters. The first-order valence-corrected chi connectivity index (χ1v) is 7.07. The highest BCUT2D eigenvalue weighted by molar-refractivity contribution is 5.72. The van der Waals surface area contributed by atoms with Crippen molar-refractivity contribution in [1.82, 2.24) is 5.32 Å². The summed E-state index contributed by atoms with van der Waals surface area (Å²) in [6, 6.07) is 9.69. The van der Waals surface area contributed by atoms with Crippen molar-refractivity contribution in [2.45, 2.75) is 39.3 Å². The number of nitrogens with one attached hydrogen (secondary N) is 1. The van der Waals surface area contributed by atoms with Gasteiger partial charge < -0.3 is 10.1 Å². The van der Waals surface area contributed by atoms with E-state index in [9.17, 15) is 4.79 Å². The minimum atomic E-state index is -0.202. The lowest BCUT2D eigenvalue weighted by molar-refractivity contribution is -0.149. The smallest absolute Gasteiger partial charge is 0.310 e. The second-order valence-electron chi connectivity index (χ2n) is 4.91. The molecule has 1 N–H and O–H groups in total. The third-order valence-corrected chi connectivity index (χ3v) is 3.08. The van der Waals surface area contributed by atoms with Crippen molar-refractivity contribution in [1.29, 1.82) is 0 Å². The maximum atomic E-state index is 11.9. The lowest BCUT2D eigenvalue weighted by Gasteiger charge is -2.16. The fourth-order valence-corrected chi connectivity index (χ4v) is 1.81. The van der Waals surface area contributed by atoms with E-state index in [4.69, 9.17) is 11.2 Å². The Morgan fingerprint density at radius 3 is 2.70 bits per heavy atom. The first-order valence-electron chi connectivity index (χ1n) is 7.07. The lowest BCUT2D eigenvalue weighted by atomic mass is 10.1. The molecule has 20 heavy (non-hydrogen) atoms. The van der Waals surface area contributed by atoms with E-state index in [1.54, 1.807) is 0 Å². The lowest BCUT2D eigenvalue weighted by Crippen LogP contribution is -2.34. The van der Waals surface area contributed by atoms with Crippen molar-refractivity contribution in [3.63, 3.8) is 0 Å². The van der Waals surface area contributed by atoms with E-state index in [-0.39, 0.29) is 17.9 Å². The SMILES string of the molecule is C#CC(CCC)NCC(C)C(=O)OCc1ccccc1. The highest BCUT2D eigenvalue weighted by atomic mass is 16.5. The van der Waals surface area contributed by atoms with E-state index in [0.717, 1.165) is 18.4 Å². The van der Waals surface area contributed by atoms with Gasteiger partial charge in [0.1, 0.15) is 6.61 Å². The maximum absolute atomic E-state index is 11.9. The molecular weight excluding hydrogens is 250 g/mol. The third-order valence-electron chi connectivity index (χ3n) is 3.08. The summed E-state index contributed by atoms with van der Waals surface area (Å²) < 4.78 is 5.29. The van der Waals surface area contributed by atoms with Gasteiger partial charge in [0, 0.05) is 6.54 Å². The summed E-state index contributed by atoms with van der Waals surface area (Å²) in [5, 5.41) is 3.21. The first kappa shape index (κ1) is 16.3. The molecule has 0 aliphatic rings. The molecule has 1 aromatic carbocycles. The normalized spacial score (nSPS) is 13.2. The average molecular weight is 273 g/mol. The zero-order valence-corrected chi connectivity index (χ0v) is 12.3. The summed E-state index contributed by atoms with van der Waals surface area (Å²) in [6.45, 7) is 4.80. The molecule has 0 aliphatic heterocycles. The van der Waals surface area contributed by atoms with Gasteiger partial charge in [0.15, 0.2) is 0 Å². The Balaban J connectivity index is 2.30. The van der Waals surface area contributed by atoms with Crippen LogP contribution in [-0.4, -0.2) is 18.6 Å². The van der Waals surface area contributed by atoms with Crippen LogP contribution in [0, 0.1) is 18.3 Å². The predicted molar refractivity (Wildman–Crippen MR) is 80.9 cm³/mol. The Hall–Kier alpha value is -1.79. The van der Waals surface area contributed by atoms with Crippen molar-refractivity contribution in [2.24, 2.45) is 5.92 Å². The Morgan fingerprint density at radius 1 is 1.40 bits per heavy atom. The van der Waals surface area contributed by atoms with Crippen LogP contribution in [0.25, 0.3) is 0 Å². The number of carbonyl (C=O) groups is 1. The van der Waals surface area contributed by atoms with Gasteiger partial charge in [-0.3, -0.25) is 4.79 Å². The molecule has 0 saturated heterocycles. The molecule has 0 aliphatic carbocycles. The quantitative estimate of drug-likeness (QED) is 0.584. The molecule has 0 saturated carbocycles. The Bertz CT molecular complexity index is 436. The third kappa shape index (κ3) is 5.90. The van der Waals surface area contributed by atoms with Gasteiger partial charge in [-0.05, 0) is 12.0 Å². The van der Waals surface area contributed by atoms with Crippen LogP contribution in [0.5, 0.6) is 0 Å². The van der Waals surface area contributed by atoms with Crippen LogP contribution in [0.15, 0.2) is 30.3 Å². The van der Waals surface area contributed by atoms with Gasteiger partial charge in [0.2, 0.25) is 0 Å². The molecule has 2 unspecified atom stereocenters. The average Bonchev–Trinajstić information content (AvgIpc) is 2.49. The predicted octanol–water partition coefficient (Wildman–Crippen LogP) is 2.76. The van der Waals surface area contributed by atoms with E-state index < -0.39 is 0 Å². The minimum Gasteiger partial charge on any atom is -0.461 e. The van der Waals surface area contributed by atoms with Crippen LogP contribution in [0.1, 0.15) is 32.3 Å². The Morgan fingerprint density at radius 2 is 2.10 bits per heavy atom. The molecule has 108 valence electrons. The highest BCUT2D eigenvalue weighted by Gasteiger charge is 2.15. The van der Waals surface area contributed by atoms with Crippen LogP contribution < -0.4 is 5.32 Å². The van der Waals surface area contributed by atoms with E-state index in [0.29, 0.717) is 13.2 Å². The standard InChI is InChI=1S/C17H23NO2/c1-4-9-16(5-2)18-12-14(3)17(19)20-13-15-10-7-6-8-11-15/h2,6-8,10-11,14,16,18H,4,9,12-13H2,1,3H3. The number of carbonyl (C=O) groups excluding carboxylic acids is 1. The topological polar surface area (TPSA) is 38.3 Å². The van der Waals surface area contributed by atoms with Gasteiger partial charge in [0.05, 0.1) is 12.0 Å². The molecule has 0 radical (unpaired) electrons. The summed E-state index contributed by atoms with van der Waals surface area (Å²) >= 11 is 0. The van der Waals surface area contributed by atoms with E-state index in [2.05, 4.69) is 18.2 Å². The zero-order valence-electron chi connectivity index (χ0n) is 12.3. The molecule has 0 heterocycles. The van der Waals surface area contributed by atoms with E-state index in [1.807, 2.05) is 37.3 Å². The fourth-order valence-electron chi connectivity index (χ4n) is 1.81. The molecule has 0 amide bonds. The largest absolute Gasteiger partial charge is 0.461 e. The number of hydrogen-bond donors (Lipinski definition) is 1. The van der Waals surface area contributed by atoms with Crippen LogP contribution in [-0.2, 0) is 16.1 Å². The number of hydrogen-bond acceptors (Lipinski definition) is 3. The van der Waals surface area contributed by atoms with Crippen molar-refractivity contribution in [3.05, 3.63) is 35.9 Å². The molecule has 0 bridgehead atoms. The number of terminal acetylenes is 1. The molecule has 0 aromatic heterocycles. The summed E-state index contributed by atoms with van der Waals surface area (Å²) in [7, 11) is 0. The first-order chi connectivity index (χ1) is 9.67. The number of ether oxygens (including phenoxy) is 1. The van der Waals surface area contributed by atoms with Crippen molar-refractivity contribution in [2.75, 3.05) is 6.54 Å². The fraction of sp³-hybridized carbons (Fsp3) is 0.471. The summed E-state index contributed by atoms with van der Waals surface area (Å²) in [5.74, 6) is 2.29. The van der Waals surface area contributed by atoms with Crippen LogP contribution >= 0.6 is 0 Å². The number of esters is 1. The van der Waals surface area contributed by atoms with Gasteiger partial charge in [0.25, 0.3) is 0 Å². The summed E-state index contributed by atoms with van der Waals surface area (Å²) in [5.41, 5.74) is 0.994. The van der Waals surface area contributed by atoms with Crippen LogP contribution in [0.3, 0.4) is 0 Å². The highest BCUT2D eigenvalue weighted by Crippen LogP contribution is 2.05. The summed E-state index contributed by atoms with van der Waals surface area (Å²) in [4.78, 5) is 11.9. The Labute approximate surface area is 121 Å². The second kappa shape index (κ2) is 9.17. The molecule has 3 heteroatoms. The van der Waals surface area contributed by atoms with Gasteiger partial charge in [-0.1, -0.05) is 56.5 Å². The van der Waals surface area contributed by atoms with E-state index >= 15 is 0 Å². The van der Waals surface area contributed by atoms with Crippen molar-refractivity contribution < 1.29 is 9.53 Å². The second-order valence-corrected chi connectivity index (χ2v) is 4.91. The Kier molecular flexibility index (Phi) is 7.46. The minimum absolute atomic E-state index is 0.0318. The van der Waals surface area contributed by atoms with Crippen molar-refractivity contribution >= 4 is 5.97 Å². The molecule has 0 spiro atoms. The van der Waals surface area contributed by atoms with Gasteiger partial charge in [-0.15, -0.1) is 6.42 Å². The molecule has 3 nitrogen and oxygen atoms in total. The van der Waals surface area contributed by atoms with Crippen molar-refractivity contribution in [3.8, 4) is 12.3 Å². The van der Waals surface area contributed by atoms with Crippen LogP contribution in [0.2, 0.25) is 0 Å². The van der Waals surface area contributed by atoms with Gasteiger partial charge in [-0.2, -0.15) is 0 Å². The number of rotatable bonds is 8. The molecular formula is C17H23NO2. The molecule has 0 fully saturated rings. The van der Waals surface area contributed by atoms with Crippen LogP contribution in [0.4, 0.5) is 0 Å². The van der Waals surface area contributed by atoms with Gasteiger partial charge >= 0.3 is 5.97 Å². The zero-order chi connectivity index (χ0) is 14.8. The monoisotopic (exact) mass is 273 g/mol. The number of benzene rings is 1. The maximum Gasteiger partial charge on any atom is 0.310 e. The molecule has 1 aromatic rings.